The van der Waals surface area contributed by atoms with Gasteiger partial charge in [0.25, 0.3) is 5.91 Å². The van der Waals surface area contributed by atoms with Crippen LogP contribution in [0.2, 0.25) is 0 Å². The zero-order valence-electron chi connectivity index (χ0n) is 14.5. The Bertz CT molecular complexity index is 742. The van der Waals surface area contributed by atoms with Crippen LogP contribution in [0, 0.1) is 5.92 Å². The van der Waals surface area contributed by atoms with Crippen LogP contribution in [0.4, 0.5) is 5.69 Å². The van der Waals surface area contributed by atoms with E-state index >= 15 is 0 Å². The summed E-state index contributed by atoms with van der Waals surface area (Å²) in [5, 5.41) is 3.91. The molecular formula is C19H24N2O3. The molecule has 24 heavy (non-hydrogen) atoms. The molecule has 1 fully saturated rings. The molecule has 1 heterocycles. The molecule has 128 valence electrons. The molecule has 1 aliphatic rings. The number of carbonyl (C=O) groups is 1. The van der Waals surface area contributed by atoms with Gasteiger partial charge in [0.1, 0.15) is 16.9 Å². The molecule has 0 spiro atoms. The molecule has 0 bridgehead atoms. The minimum atomic E-state index is -0.776. The van der Waals surface area contributed by atoms with Crippen LogP contribution < -0.4 is 10.1 Å². The highest BCUT2D eigenvalue weighted by Gasteiger charge is 2.48. The topological polar surface area (TPSA) is 60.5 Å². The number of hydrogen-bond acceptors (Lipinski definition) is 4. The summed E-state index contributed by atoms with van der Waals surface area (Å²) in [6.07, 6.45) is 3.80. The van der Waals surface area contributed by atoms with E-state index in [2.05, 4.69) is 10.3 Å². The first-order chi connectivity index (χ1) is 11.6. The van der Waals surface area contributed by atoms with E-state index in [1.54, 1.807) is 6.20 Å². The first-order valence-electron chi connectivity index (χ1n) is 8.56. The zero-order chi connectivity index (χ0) is 17.2. The number of amides is 1. The van der Waals surface area contributed by atoms with E-state index in [1.165, 1.54) is 0 Å². The van der Waals surface area contributed by atoms with Crippen molar-refractivity contribution in [2.75, 3.05) is 18.5 Å². The summed E-state index contributed by atoms with van der Waals surface area (Å²) in [5.41, 5.74) is 0.710. The molecule has 1 saturated carbocycles. The SMILES string of the molecule is CCOc1ccc(NC(=O)C(C)(OCC)C2CC2)c2cccnc12. The van der Waals surface area contributed by atoms with Crippen molar-refractivity contribution in [1.29, 1.82) is 0 Å². The summed E-state index contributed by atoms with van der Waals surface area (Å²) in [5.74, 6) is 0.923. The largest absolute Gasteiger partial charge is 0.492 e. The molecule has 1 aliphatic carbocycles. The summed E-state index contributed by atoms with van der Waals surface area (Å²) in [6, 6.07) is 7.52. The summed E-state index contributed by atoms with van der Waals surface area (Å²) in [6.45, 7) is 6.84. The smallest absolute Gasteiger partial charge is 0.256 e. The first kappa shape index (κ1) is 16.7. The lowest BCUT2D eigenvalue weighted by Crippen LogP contribution is -2.44. The van der Waals surface area contributed by atoms with Gasteiger partial charge in [0.15, 0.2) is 0 Å². The number of pyridine rings is 1. The second-order valence-electron chi connectivity index (χ2n) is 6.21. The van der Waals surface area contributed by atoms with Crippen molar-refractivity contribution < 1.29 is 14.3 Å². The van der Waals surface area contributed by atoms with Crippen molar-refractivity contribution in [3.05, 3.63) is 30.5 Å². The summed E-state index contributed by atoms with van der Waals surface area (Å²) in [7, 11) is 0. The molecule has 0 aliphatic heterocycles. The number of carbonyl (C=O) groups excluding carboxylic acids is 1. The number of benzene rings is 1. The van der Waals surface area contributed by atoms with Crippen molar-refractivity contribution in [3.63, 3.8) is 0 Å². The molecule has 1 amide bonds. The van der Waals surface area contributed by atoms with Crippen LogP contribution in [0.1, 0.15) is 33.6 Å². The number of nitrogens with zero attached hydrogens (tertiary/aromatic N) is 1. The van der Waals surface area contributed by atoms with Crippen molar-refractivity contribution in [1.82, 2.24) is 4.98 Å². The van der Waals surface area contributed by atoms with Gasteiger partial charge in [-0.25, -0.2) is 0 Å². The zero-order valence-corrected chi connectivity index (χ0v) is 14.5. The van der Waals surface area contributed by atoms with Gasteiger partial charge in [-0.3, -0.25) is 9.78 Å². The van der Waals surface area contributed by atoms with Gasteiger partial charge in [0, 0.05) is 18.2 Å². The highest BCUT2D eigenvalue weighted by Crippen LogP contribution is 2.43. The lowest BCUT2D eigenvalue weighted by molar-refractivity contribution is -0.141. The Kier molecular flexibility index (Phi) is 4.71. The summed E-state index contributed by atoms with van der Waals surface area (Å²) < 4.78 is 11.4. The van der Waals surface area contributed by atoms with Gasteiger partial charge in [-0.1, -0.05) is 0 Å². The Morgan fingerprint density at radius 1 is 1.29 bits per heavy atom. The van der Waals surface area contributed by atoms with Gasteiger partial charge in [-0.05, 0) is 63.8 Å². The Hall–Kier alpha value is -2.14. The maximum Gasteiger partial charge on any atom is 0.256 e. The summed E-state index contributed by atoms with van der Waals surface area (Å²) in [4.78, 5) is 17.3. The third-order valence-electron chi connectivity index (χ3n) is 4.53. The molecular weight excluding hydrogens is 304 g/mol. The second-order valence-corrected chi connectivity index (χ2v) is 6.21. The lowest BCUT2D eigenvalue weighted by Gasteiger charge is -2.28. The third kappa shape index (κ3) is 3.08. The maximum atomic E-state index is 12.9. The van der Waals surface area contributed by atoms with Gasteiger partial charge < -0.3 is 14.8 Å². The van der Waals surface area contributed by atoms with Gasteiger partial charge in [-0.15, -0.1) is 0 Å². The Morgan fingerprint density at radius 3 is 2.75 bits per heavy atom. The Labute approximate surface area is 142 Å². The van der Waals surface area contributed by atoms with Crippen LogP contribution in [-0.4, -0.2) is 29.7 Å². The van der Waals surface area contributed by atoms with Gasteiger partial charge in [0.05, 0.1) is 12.3 Å². The van der Waals surface area contributed by atoms with E-state index in [9.17, 15) is 4.79 Å². The standard InChI is InChI=1S/C19H24N2O3/c1-4-23-16-11-10-15(14-7-6-12-20-17(14)16)21-18(22)19(3,24-5-2)13-8-9-13/h6-7,10-13H,4-5,8-9H2,1-3H3,(H,21,22). The summed E-state index contributed by atoms with van der Waals surface area (Å²) >= 11 is 0. The van der Waals surface area contributed by atoms with Crippen LogP contribution >= 0.6 is 0 Å². The van der Waals surface area contributed by atoms with E-state index in [-0.39, 0.29) is 5.91 Å². The molecule has 5 nitrogen and oxygen atoms in total. The average Bonchev–Trinajstić information content (AvgIpc) is 3.42. The third-order valence-corrected chi connectivity index (χ3v) is 4.53. The monoisotopic (exact) mass is 328 g/mol. The van der Waals surface area contributed by atoms with E-state index in [1.807, 2.05) is 45.0 Å². The fraction of sp³-hybridized carbons (Fsp3) is 0.474. The van der Waals surface area contributed by atoms with Crippen LogP contribution in [0.15, 0.2) is 30.5 Å². The number of hydrogen-bond donors (Lipinski definition) is 1. The van der Waals surface area contributed by atoms with Crippen LogP contribution in [0.5, 0.6) is 5.75 Å². The highest BCUT2D eigenvalue weighted by molar-refractivity contribution is 6.05. The van der Waals surface area contributed by atoms with Crippen molar-refractivity contribution in [2.45, 2.75) is 39.2 Å². The number of aromatic nitrogens is 1. The van der Waals surface area contributed by atoms with E-state index in [4.69, 9.17) is 9.47 Å². The predicted octanol–water partition coefficient (Wildman–Crippen LogP) is 3.78. The minimum absolute atomic E-state index is 0.0961. The molecule has 1 N–H and O–H groups in total. The van der Waals surface area contributed by atoms with Gasteiger partial charge in [-0.2, -0.15) is 0 Å². The number of fused-ring (bicyclic) bond motifs is 1. The molecule has 0 saturated heterocycles. The molecule has 1 aromatic carbocycles. The Morgan fingerprint density at radius 2 is 2.08 bits per heavy atom. The normalized spacial score (nSPS) is 16.6. The fourth-order valence-corrected chi connectivity index (χ4v) is 3.08. The van der Waals surface area contributed by atoms with E-state index < -0.39 is 5.60 Å². The number of nitrogens with one attached hydrogen (secondary N) is 1. The van der Waals surface area contributed by atoms with Gasteiger partial charge >= 0.3 is 0 Å². The highest BCUT2D eigenvalue weighted by atomic mass is 16.5. The van der Waals surface area contributed by atoms with E-state index in [0.29, 0.717) is 19.1 Å². The molecule has 2 aromatic rings. The number of anilines is 1. The fourth-order valence-electron chi connectivity index (χ4n) is 3.08. The first-order valence-corrected chi connectivity index (χ1v) is 8.56. The average molecular weight is 328 g/mol. The predicted molar refractivity (Wildman–Crippen MR) is 94.3 cm³/mol. The van der Waals surface area contributed by atoms with Crippen LogP contribution in [0.3, 0.4) is 0 Å². The quantitative estimate of drug-likeness (QED) is 0.840. The van der Waals surface area contributed by atoms with Crippen molar-refractivity contribution in [3.8, 4) is 5.75 Å². The maximum absolute atomic E-state index is 12.9. The van der Waals surface area contributed by atoms with Crippen LogP contribution in [0.25, 0.3) is 10.9 Å². The Balaban J connectivity index is 1.92. The molecule has 0 radical (unpaired) electrons. The number of ether oxygens (including phenoxy) is 2. The number of rotatable bonds is 7. The van der Waals surface area contributed by atoms with Crippen molar-refractivity contribution in [2.24, 2.45) is 5.92 Å². The van der Waals surface area contributed by atoms with Crippen molar-refractivity contribution >= 4 is 22.5 Å². The molecule has 1 aromatic heterocycles. The molecule has 1 atom stereocenters. The molecule has 3 rings (SSSR count). The lowest BCUT2D eigenvalue weighted by atomic mass is 9.98. The molecule has 1 unspecified atom stereocenters. The second kappa shape index (κ2) is 6.77. The van der Waals surface area contributed by atoms with Gasteiger partial charge in [0.2, 0.25) is 0 Å². The minimum Gasteiger partial charge on any atom is -0.492 e. The molecule has 5 heteroatoms. The van der Waals surface area contributed by atoms with E-state index in [0.717, 1.165) is 35.2 Å². The van der Waals surface area contributed by atoms with Crippen LogP contribution in [-0.2, 0) is 9.53 Å².